The van der Waals surface area contributed by atoms with Crippen molar-refractivity contribution in [2.75, 3.05) is 13.2 Å². The maximum absolute atomic E-state index is 9.85. The van der Waals surface area contributed by atoms with Gasteiger partial charge in [-0.3, -0.25) is 0 Å². The Hall–Kier alpha value is -0.580. The summed E-state index contributed by atoms with van der Waals surface area (Å²) in [5.74, 6) is 1.44. The van der Waals surface area contributed by atoms with Gasteiger partial charge in [0.05, 0.1) is 0 Å². The molecule has 19 heavy (non-hydrogen) atoms. The van der Waals surface area contributed by atoms with E-state index in [-0.39, 0.29) is 0 Å². The Labute approximate surface area is 124 Å². The number of ether oxygens (including phenoxy) is 1. The zero-order valence-electron chi connectivity index (χ0n) is 11.9. The molecule has 2 atom stereocenters. The Kier molecular flexibility index (Phi) is 7.42. The van der Waals surface area contributed by atoms with Gasteiger partial charge < -0.3 is 15.2 Å². The molecular weight excluding hydrogens is 306 g/mol. The van der Waals surface area contributed by atoms with Crippen LogP contribution in [0.4, 0.5) is 0 Å². The molecule has 1 rings (SSSR count). The molecule has 108 valence electrons. The van der Waals surface area contributed by atoms with Crippen LogP contribution in [0.1, 0.15) is 27.2 Å². The molecule has 0 heterocycles. The maximum Gasteiger partial charge on any atom is 0.119 e. The molecule has 4 heteroatoms. The van der Waals surface area contributed by atoms with Gasteiger partial charge in [-0.15, -0.1) is 0 Å². The molecular formula is C15H24BrNO2. The molecule has 0 radical (unpaired) electrons. The summed E-state index contributed by atoms with van der Waals surface area (Å²) in [4.78, 5) is 0. The number of nitrogens with one attached hydrogen (secondary N) is 1. The Balaban J connectivity index is 2.20. The van der Waals surface area contributed by atoms with Gasteiger partial charge in [-0.2, -0.15) is 0 Å². The molecule has 0 amide bonds. The largest absolute Gasteiger partial charge is 0.491 e. The number of aliphatic hydroxyl groups excluding tert-OH is 1. The van der Waals surface area contributed by atoms with Crippen molar-refractivity contribution >= 4 is 15.9 Å². The highest BCUT2D eigenvalue weighted by Crippen LogP contribution is 2.16. The third-order valence-electron chi connectivity index (χ3n) is 2.78. The van der Waals surface area contributed by atoms with E-state index in [0.717, 1.165) is 16.6 Å². The van der Waals surface area contributed by atoms with E-state index in [4.69, 9.17) is 4.74 Å². The molecule has 0 spiro atoms. The van der Waals surface area contributed by atoms with E-state index in [1.165, 1.54) is 0 Å². The number of halogens is 1. The summed E-state index contributed by atoms with van der Waals surface area (Å²) < 4.78 is 6.54. The molecule has 1 aromatic rings. The molecule has 0 fully saturated rings. The van der Waals surface area contributed by atoms with Crippen LogP contribution < -0.4 is 10.1 Å². The number of hydrogen-bond donors (Lipinski definition) is 2. The van der Waals surface area contributed by atoms with Crippen LogP contribution in [0.15, 0.2) is 28.7 Å². The van der Waals surface area contributed by atoms with Gasteiger partial charge in [0.25, 0.3) is 0 Å². The maximum atomic E-state index is 9.85. The molecule has 0 bridgehead atoms. The topological polar surface area (TPSA) is 41.5 Å². The van der Waals surface area contributed by atoms with Crippen LogP contribution in [0.2, 0.25) is 0 Å². The van der Waals surface area contributed by atoms with Gasteiger partial charge in [-0.1, -0.05) is 29.8 Å². The number of hydrogen-bond acceptors (Lipinski definition) is 3. The van der Waals surface area contributed by atoms with Crippen molar-refractivity contribution in [1.29, 1.82) is 0 Å². The number of benzene rings is 1. The summed E-state index contributed by atoms with van der Waals surface area (Å²) in [6, 6.07) is 8.02. The van der Waals surface area contributed by atoms with Crippen molar-refractivity contribution in [3.63, 3.8) is 0 Å². The summed E-state index contributed by atoms with van der Waals surface area (Å²) in [6.45, 7) is 7.41. The third-order valence-corrected chi connectivity index (χ3v) is 3.31. The van der Waals surface area contributed by atoms with Gasteiger partial charge in [0.15, 0.2) is 0 Å². The minimum Gasteiger partial charge on any atom is -0.491 e. The average Bonchev–Trinajstić information content (AvgIpc) is 2.35. The lowest BCUT2D eigenvalue weighted by Crippen LogP contribution is -2.37. The van der Waals surface area contributed by atoms with Gasteiger partial charge in [0.1, 0.15) is 18.5 Å². The van der Waals surface area contributed by atoms with Crippen LogP contribution >= 0.6 is 15.9 Å². The zero-order valence-corrected chi connectivity index (χ0v) is 13.5. The highest BCUT2D eigenvalue weighted by Gasteiger charge is 2.09. The van der Waals surface area contributed by atoms with Crippen molar-refractivity contribution in [2.24, 2.45) is 5.92 Å². The Morgan fingerprint density at radius 3 is 2.42 bits per heavy atom. The van der Waals surface area contributed by atoms with E-state index in [1.807, 2.05) is 24.3 Å². The van der Waals surface area contributed by atoms with Crippen LogP contribution in [-0.4, -0.2) is 30.4 Å². The SMILES string of the molecule is CC(C)CC(C)NCC(O)COc1ccc(Br)cc1. The summed E-state index contributed by atoms with van der Waals surface area (Å²) in [7, 11) is 0. The van der Waals surface area contributed by atoms with E-state index >= 15 is 0 Å². The molecule has 3 nitrogen and oxygen atoms in total. The summed E-state index contributed by atoms with van der Waals surface area (Å²) in [5.41, 5.74) is 0. The monoisotopic (exact) mass is 329 g/mol. The Bertz CT molecular complexity index is 354. The second-order valence-electron chi connectivity index (χ2n) is 5.36. The fraction of sp³-hybridized carbons (Fsp3) is 0.600. The molecule has 2 unspecified atom stereocenters. The van der Waals surface area contributed by atoms with Crippen LogP contribution in [0, 0.1) is 5.92 Å². The summed E-state index contributed by atoms with van der Waals surface area (Å²) in [5, 5.41) is 13.2. The van der Waals surface area contributed by atoms with Crippen molar-refractivity contribution in [3.8, 4) is 5.75 Å². The molecule has 0 aliphatic rings. The smallest absolute Gasteiger partial charge is 0.119 e. The van der Waals surface area contributed by atoms with Gasteiger partial charge in [-0.05, 0) is 43.5 Å². The Morgan fingerprint density at radius 1 is 1.21 bits per heavy atom. The molecule has 0 aromatic heterocycles. The van der Waals surface area contributed by atoms with Gasteiger partial charge in [0, 0.05) is 17.1 Å². The van der Waals surface area contributed by atoms with E-state index in [1.54, 1.807) is 0 Å². The highest BCUT2D eigenvalue weighted by molar-refractivity contribution is 9.10. The molecule has 2 N–H and O–H groups in total. The third kappa shape index (κ3) is 7.55. The summed E-state index contributed by atoms with van der Waals surface area (Å²) in [6.07, 6.45) is 0.624. The van der Waals surface area contributed by atoms with Crippen molar-refractivity contribution in [1.82, 2.24) is 5.32 Å². The van der Waals surface area contributed by atoms with Crippen LogP contribution in [0.25, 0.3) is 0 Å². The lowest BCUT2D eigenvalue weighted by Gasteiger charge is -2.19. The lowest BCUT2D eigenvalue weighted by molar-refractivity contribution is 0.103. The predicted molar refractivity (Wildman–Crippen MR) is 82.6 cm³/mol. The van der Waals surface area contributed by atoms with Gasteiger partial charge in [-0.25, -0.2) is 0 Å². The predicted octanol–water partition coefficient (Wildman–Crippen LogP) is 3.21. The minimum atomic E-state index is -0.488. The van der Waals surface area contributed by atoms with Crippen LogP contribution in [-0.2, 0) is 0 Å². The quantitative estimate of drug-likeness (QED) is 0.769. The summed E-state index contributed by atoms with van der Waals surface area (Å²) >= 11 is 3.37. The van der Waals surface area contributed by atoms with Crippen LogP contribution in [0.5, 0.6) is 5.75 Å². The average molecular weight is 330 g/mol. The first-order valence-corrected chi connectivity index (χ1v) is 7.56. The first-order valence-electron chi connectivity index (χ1n) is 6.77. The minimum absolute atomic E-state index is 0.309. The highest BCUT2D eigenvalue weighted by atomic mass is 79.9. The van der Waals surface area contributed by atoms with E-state index in [0.29, 0.717) is 25.1 Å². The zero-order chi connectivity index (χ0) is 14.3. The standard InChI is InChI=1S/C15H24BrNO2/c1-11(2)8-12(3)17-9-14(18)10-19-15-6-4-13(16)5-7-15/h4-7,11-12,14,17-18H,8-10H2,1-3H3. The van der Waals surface area contributed by atoms with Crippen molar-refractivity contribution in [3.05, 3.63) is 28.7 Å². The second kappa shape index (κ2) is 8.56. The van der Waals surface area contributed by atoms with Crippen molar-refractivity contribution in [2.45, 2.75) is 39.3 Å². The first-order chi connectivity index (χ1) is 8.97. The molecule has 0 saturated carbocycles. The fourth-order valence-corrected chi connectivity index (χ4v) is 2.17. The molecule has 0 aliphatic carbocycles. The van der Waals surface area contributed by atoms with E-state index < -0.39 is 6.10 Å². The lowest BCUT2D eigenvalue weighted by atomic mass is 10.1. The number of aliphatic hydroxyl groups is 1. The molecule has 0 aliphatic heterocycles. The fourth-order valence-electron chi connectivity index (χ4n) is 1.91. The first kappa shape index (κ1) is 16.5. The van der Waals surface area contributed by atoms with Gasteiger partial charge in [0.2, 0.25) is 0 Å². The molecule has 0 saturated heterocycles. The van der Waals surface area contributed by atoms with Gasteiger partial charge >= 0.3 is 0 Å². The van der Waals surface area contributed by atoms with Crippen LogP contribution in [0.3, 0.4) is 0 Å². The normalized spacial score (nSPS) is 14.4. The van der Waals surface area contributed by atoms with E-state index in [2.05, 4.69) is 42.0 Å². The Morgan fingerprint density at radius 2 is 1.84 bits per heavy atom. The molecule has 1 aromatic carbocycles. The second-order valence-corrected chi connectivity index (χ2v) is 6.27. The number of rotatable bonds is 8. The van der Waals surface area contributed by atoms with Crippen molar-refractivity contribution < 1.29 is 9.84 Å². The van der Waals surface area contributed by atoms with E-state index in [9.17, 15) is 5.11 Å².